The zero-order valence-electron chi connectivity index (χ0n) is 17.1. The highest BCUT2D eigenvalue weighted by Crippen LogP contribution is 2.29. The van der Waals surface area contributed by atoms with Gasteiger partial charge in [0.1, 0.15) is 41.2 Å². The number of benzene rings is 3. The third-order valence-electron chi connectivity index (χ3n) is 4.93. The first-order valence-corrected chi connectivity index (χ1v) is 9.29. The van der Waals surface area contributed by atoms with Crippen molar-refractivity contribution in [2.45, 2.75) is 0 Å². The van der Waals surface area contributed by atoms with Crippen LogP contribution in [0.25, 0.3) is 22.3 Å². The third-order valence-corrected chi connectivity index (χ3v) is 4.93. The Labute approximate surface area is 194 Å². The molecule has 0 aromatic heterocycles. The monoisotopic (exact) mass is 471 g/mol. The quantitative estimate of drug-likeness (QED) is 0.417. The van der Waals surface area contributed by atoms with E-state index in [0.717, 1.165) is 42.5 Å². The highest BCUT2D eigenvalue weighted by atomic mass is 19.2. The minimum absolute atomic E-state index is 0.0441. The van der Waals surface area contributed by atoms with Crippen LogP contribution >= 0.6 is 0 Å². The lowest BCUT2D eigenvalue weighted by Crippen LogP contribution is -2.19. The molecular formula is C25H6F5N5. The molecule has 0 saturated carbocycles. The zero-order chi connectivity index (χ0) is 25.9. The van der Waals surface area contributed by atoms with E-state index < -0.39 is 56.6 Å². The molecule has 0 radical (unpaired) electrons. The van der Waals surface area contributed by atoms with Crippen LogP contribution in [0.3, 0.4) is 0 Å². The van der Waals surface area contributed by atoms with Gasteiger partial charge in [0.15, 0.2) is 23.3 Å². The predicted octanol–water partition coefficient (Wildman–Crippen LogP) is 3.71. The van der Waals surface area contributed by atoms with Gasteiger partial charge >= 0.3 is 0 Å². The molecule has 0 fully saturated rings. The maximum atomic E-state index is 14.8. The van der Waals surface area contributed by atoms with Gasteiger partial charge in [-0.3, -0.25) is 0 Å². The lowest BCUT2D eigenvalue weighted by atomic mass is 9.92. The minimum atomic E-state index is -2.03. The van der Waals surface area contributed by atoms with Gasteiger partial charge < -0.3 is 0 Å². The number of rotatable bonds is 2. The molecule has 5 nitrogen and oxygen atoms in total. The van der Waals surface area contributed by atoms with E-state index in [0.29, 0.717) is 0 Å². The average molecular weight is 471 g/mol. The Morgan fingerprint density at radius 2 is 1.26 bits per heavy atom. The van der Waals surface area contributed by atoms with Crippen LogP contribution in [0.15, 0.2) is 36.4 Å². The second-order valence-corrected chi connectivity index (χ2v) is 6.77. The van der Waals surface area contributed by atoms with Crippen molar-refractivity contribution in [1.82, 2.24) is 0 Å². The fourth-order valence-electron chi connectivity index (χ4n) is 3.33. The molecule has 3 aromatic rings. The van der Waals surface area contributed by atoms with Gasteiger partial charge in [0.2, 0.25) is 0 Å². The van der Waals surface area contributed by atoms with E-state index in [2.05, 4.69) is 0 Å². The van der Waals surface area contributed by atoms with Gasteiger partial charge in [-0.05, 0) is 29.8 Å². The van der Waals surface area contributed by atoms with E-state index in [-0.39, 0.29) is 21.9 Å². The molecule has 166 valence electrons. The minimum Gasteiger partial charge on any atom is -0.207 e. The first kappa shape index (κ1) is 24.1. The van der Waals surface area contributed by atoms with Crippen LogP contribution < -0.4 is 10.4 Å². The summed E-state index contributed by atoms with van der Waals surface area (Å²) in [4.78, 5) is 0. The Kier molecular flexibility index (Phi) is 6.59. The molecule has 0 spiro atoms. The van der Waals surface area contributed by atoms with Gasteiger partial charge in [0, 0.05) is 16.0 Å². The zero-order valence-corrected chi connectivity index (χ0v) is 17.1. The predicted molar refractivity (Wildman–Crippen MR) is 110 cm³/mol. The normalized spacial score (nSPS) is 10.7. The van der Waals surface area contributed by atoms with Gasteiger partial charge in [-0.1, -0.05) is 12.1 Å². The van der Waals surface area contributed by atoms with Crippen molar-refractivity contribution in [3.8, 4) is 41.5 Å². The van der Waals surface area contributed by atoms with Crippen molar-refractivity contribution >= 4 is 11.1 Å². The number of hydrogen-bond acceptors (Lipinski definition) is 5. The molecule has 0 amide bonds. The third kappa shape index (κ3) is 4.03. The van der Waals surface area contributed by atoms with Crippen LogP contribution in [0.5, 0.6) is 0 Å². The van der Waals surface area contributed by atoms with Crippen LogP contribution in [0, 0.1) is 85.7 Å². The Morgan fingerprint density at radius 3 is 1.77 bits per heavy atom. The lowest BCUT2D eigenvalue weighted by Gasteiger charge is -2.11. The van der Waals surface area contributed by atoms with Gasteiger partial charge in [0.25, 0.3) is 0 Å². The maximum Gasteiger partial charge on any atom is 0.180 e. The van der Waals surface area contributed by atoms with Crippen molar-refractivity contribution in [1.29, 1.82) is 26.3 Å². The van der Waals surface area contributed by atoms with Crippen molar-refractivity contribution in [3.05, 3.63) is 92.6 Å². The molecule has 0 saturated heterocycles. The summed E-state index contributed by atoms with van der Waals surface area (Å²) >= 11 is 0. The van der Waals surface area contributed by atoms with Gasteiger partial charge in [-0.25, -0.2) is 22.0 Å². The number of nitriles is 5. The smallest absolute Gasteiger partial charge is 0.180 e. The van der Waals surface area contributed by atoms with E-state index in [1.165, 1.54) is 6.07 Å². The fraction of sp³-hybridized carbons (Fsp3) is 0. The summed E-state index contributed by atoms with van der Waals surface area (Å²) in [7, 11) is 0. The topological polar surface area (TPSA) is 119 Å². The summed E-state index contributed by atoms with van der Waals surface area (Å²) in [5.41, 5.74) is -4.92. The molecule has 35 heavy (non-hydrogen) atoms. The van der Waals surface area contributed by atoms with Crippen molar-refractivity contribution < 1.29 is 22.0 Å². The SMILES string of the molecule is N#CC(C#N)=c1cc/c(=C(/C#N)c2c(F)c(F)c(C#N)c(F)c2F)c(-c2cc(F)ccc2C#N)c1. The molecule has 0 N–H and O–H groups in total. The molecule has 10 heteroatoms. The molecule has 3 rings (SSSR count). The summed E-state index contributed by atoms with van der Waals surface area (Å²) in [6, 6.07) is 13.6. The molecule has 0 aliphatic rings. The van der Waals surface area contributed by atoms with Crippen LogP contribution in [-0.2, 0) is 0 Å². The van der Waals surface area contributed by atoms with E-state index >= 15 is 0 Å². The molecule has 0 atom stereocenters. The van der Waals surface area contributed by atoms with Crippen molar-refractivity contribution in [2.75, 3.05) is 0 Å². The van der Waals surface area contributed by atoms with Gasteiger partial charge in [-0.2, -0.15) is 26.3 Å². The number of nitrogens with zero attached hydrogens (tertiary/aromatic N) is 5. The Balaban J connectivity index is 2.68. The van der Waals surface area contributed by atoms with E-state index in [4.69, 9.17) is 5.26 Å². The second-order valence-electron chi connectivity index (χ2n) is 6.77. The first-order valence-electron chi connectivity index (χ1n) is 9.29. The van der Waals surface area contributed by atoms with Crippen molar-refractivity contribution in [3.63, 3.8) is 0 Å². The fourth-order valence-corrected chi connectivity index (χ4v) is 3.33. The number of hydrogen-bond donors (Lipinski definition) is 0. The molecule has 3 aromatic carbocycles. The molecule has 0 unspecified atom stereocenters. The van der Waals surface area contributed by atoms with Crippen LogP contribution in [-0.4, -0.2) is 0 Å². The average Bonchev–Trinajstić information content (AvgIpc) is 2.86. The lowest BCUT2D eigenvalue weighted by molar-refractivity contribution is 0.447. The second kappa shape index (κ2) is 9.55. The Hall–Kier alpha value is -5.50. The summed E-state index contributed by atoms with van der Waals surface area (Å²) in [5, 5.41) is 45.9. The molecule has 0 aliphatic carbocycles. The van der Waals surface area contributed by atoms with Gasteiger partial charge in [0.05, 0.1) is 22.8 Å². The first-order chi connectivity index (χ1) is 16.7. The Morgan fingerprint density at radius 1 is 0.629 bits per heavy atom. The van der Waals surface area contributed by atoms with E-state index in [1.807, 2.05) is 0 Å². The van der Waals surface area contributed by atoms with E-state index in [9.17, 15) is 43.0 Å². The maximum absolute atomic E-state index is 14.8. The summed E-state index contributed by atoms with van der Waals surface area (Å²) in [6.07, 6.45) is 0. The molecule has 0 aliphatic heterocycles. The summed E-state index contributed by atoms with van der Waals surface area (Å²) in [6.45, 7) is 0. The highest BCUT2D eigenvalue weighted by Gasteiger charge is 2.28. The molecular weight excluding hydrogens is 465 g/mol. The van der Waals surface area contributed by atoms with Gasteiger partial charge in [-0.15, -0.1) is 0 Å². The molecule has 0 bridgehead atoms. The Bertz CT molecular complexity index is 1710. The number of halogens is 5. The van der Waals surface area contributed by atoms with Crippen molar-refractivity contribution in [2.24, 2.45) is 0 Å². The largest absolute Gasteiger partial charge is 0.207 e. The standard InChI is InChI=1S/C25H6F5N5/c26-15-3-1-13(7-31)17(6-15)18-5-12(14(8-32)9-33)2-4-16(18)19(10-34)21-24(29)22(27)20(11-35)23(28)25(21)30/h1-6H/b19-16+. The highest BCUT2D eigenvalue weighted by molar-refractivity contribution is 5.84. The van der Waals surface area contributed by atoms with Crippen LogP contribution in [0.4, 0.5) is 22.0 Å². The van der Waals surface area contributed by atoms with Crippen LogP contribution in [0.2, 0.25) is 0 Å². The summed E-state index contributed by atoms with van der Waals surface area (Å²) < 4.78 is 72.2. The summed E-state index contributed by atoms with van der Waals surface area (Å²) in [5.74, 6) is -8.94. The van der Waals surface area contributed by atoms with E-state index in [1.54, 1.807) is 18.2 Å². The molecule has 0 heterocycles. The van der Waals surface area contributed by atoms with Crippen LogP contribution in [0.1, 0.15) is 16.7 Å².